The number of piperidine rings is 1. The summed E-state index contributed by atoms with van der Waals surface area (Å²) in [5.74, 6) is 1.53. The summed E-state index contributed by atoms with van der Waals surface area (Å²) in [5, 5.41) is 6.28. The van der Waals surface area contributed by atoms with Crippen molar-refractivity contribution in [1.29, 1.82) is 0 Å². The predicted molar refractivity (Wildman–Crippen MR) is 72.7 cm³/mol. The van der Waals surface area contributed by atoms with Gasteiger partial charge in [-0.3, -0.25) is 4.79 Å². The second kappa shape index (κ2) is 5.74. The van der Waals surface area contributed by atoms with Crippen molar-refractivity contribution in [2.45, 2.75) is 46.6 Å². The number of carbonyl (C=O) groups excluding carboxylic acids is 1. The lowest BCUT2D eigenvalue weighted by molar-refractivity contribution is -0.133. The van der Waals surface area contributed by atoms with Gasteiger partial charge in [-0.2, -0.15) is 0 Å². The van der Waals surface area contributed by atoms with Crippen LogP contribution in [0.2, 0.25) is 0 Å². The fourth-order valence-corrected chi connectivity index (χ4v) is 2.60. The lowest BCUT2D eigenvalue weighted by atomic mass is 9.76. The molecule has 5 nitrogen and oxygen atoms in total. The van der Waals surface area contributed by atoms with E-state index in [0.29, 0.717) is 12.4 Å². The van der Waals surface area contributed by atoms with Crippen molar-refractivity contribution >= 4 is 5.91 Å². The van der Waals surface area contributed by atoms with Crippen LogP contribution in [0.4, 0.5) is 0 Å². The fraction of sp³-hybridized carbons (Fsp3) is 0.714. The summed E-state index contributed by atoms with van der Waals surface area (Å²) in [6.45, 7) is 8.09. The van der Waals surface area contributed by atoms with Crippen molar-refractivity contribution in [1.82, 2.24) is 15.6 Å². The summed E-state index contributed by atoms with van der Waals surface area (Å²) in [4.78, 5) is 16.7. The zero-order chi connectivity index (χ0) is 13.9. The minimum absolute atomic E-state index is 0.130. The van der Waals surface area contributed by atoms with Gasteiger partial charge in [-0.1, -0.05) is 6.92 Å². The molecule has 1 aliphatic heterocycles. The molecule has 1 saturated heterocycles. The van der Waals surface area contributed by atoms with Gasteiger partial charge in [0.2, 0.25) is 11.8 Å². The largest absolute Gasteiger partial charge is 0.444 e. The maximum atomic E-state index is 12.4. The highest BCUT2D eigenvalue weighted by atomic mass is 16.4. The third-order valence-corrected chi connectivity index (χ3v) is 4.19. The Hall–Kier alpha value is -1.36. The maximum absolute atomic E-state index is 12.4. The third-order valence-electron chi connectivity index (χ3n) is 4.19. The van der Waals surface area contributed by atoms with Crippen LogP contribution in [0.5, 0.6) is 0 Å². The number of amides is 1. The van der Waals surface area contributed by atoms with Crippen LogP contribution in [0.25, 0.3) is 0 Å². The smallest absolute Gasteiger partial charge is 0.226 e. The number of oxazole rings is 1. The Labute approximate surface area is 114 Å². The van der Waals surface area contributed by atoms with Crippen LogP contribution in [-0.4, -0.2) is 24.0 Å². The molecule has 2 N–H and O–H groups in total. The van der Waals surface area contributed by atoms with Crippen LogP contribution in [0, 0.1) is 19.3 Å². The molecule has 0 spiro atoms. The zero-order valence-electron chi connectivity index (χ0n) is 12.0. The van der Waals surface area contributed by atoms with Gasteiger partial charge in [0.15, 0.2) is 0 Å². The summed E-state index contributed by atoms with van der Waals surface area (Å²) in [5.41, 5.74) is 0.665. The van der Waals surface area contributed by atoms with Crippen LogP contribution in [0.15, 0.2) is 4.42 Å². The van der Waals surface area contributed by atoms with Gasteiger partial charge in [-0.15, -0.1) is 0 Å². The molecule has 19 heavy (non-hydrogen) atoms. The minimum Gasteiger partial charge on any atom is -0.444 e. The summed E-state index contributed by atoms with van der Waals surface area (Å²) in [7, 11) is 0. The molecule has 2 heterocycles. The maximum Gasteiger partial charge on any atom is 0.226 e. The van der Waals surface area contributed by atoms with E-state index in [1.54, 1.807) is 0 Å². The summed E-state index contributed by atoms with van der Waals surface area (Å²) in [6.07, 6.45) is 2.68. The molecule has 0 saturated carbocycles. The van der Waals surface area contributed by atoms with Crippen molar-refractivity contribution in [2.24, 2.45) is 5.41 Å². The Morgan fingerprint density at radius 1 is 1.42 bits per heavy atom. The number of hydrogen-bond donors (Lipinski definition) is 2. The molecule has 0 aromatic carbocycles. The zero-order valence-corrected chi connectivity index (χ0v) is 12.0. The molecule has 0 atom stereocenters. The number of hydrogen-bond acceptors (Lipinski definition) is 4. The standard InChI is InChI=1S/C14H23N3O2/c1-4-14(5-7-15-8-6-14)13(18)16-9-12-17-10(2)11(3)19-12/h15H,4-9H2,1-3H3,(H,16,18). The van der Waals surface area contributed by atoms with Crippen molar-refractivity contribution in [3.8, 4) is 0 Å². The van der Waals surface area contributed by atoms with E-state index < -0.39 is 0 Å². The topological polar surface area (TPSA) is 67.2 Å². The van der Waals surface area contributed by atoms with Crippen molar-refractivity contribution < 1.29 is 9.21 Å². The molecule has 1 aromatic heterocycles. The first-order valence-corrected chi connectivity index (χ1v) is 6.99. The van der Waals surface area contributed by atoms with E-state index in [1.807, 2.05) is 13.8 Å². The van der Waals surface area contributed by atoms with E-state index in [2.05, 4.69) is 22.5 Å². The molecule has 1 amide bonds. The van der Waals surface area contributed by atoms with E-state index in [0.717, 1.165) is 43.8 Å². The average molecular weight is 265 g/mol. The van der Waals surface area contributed by atoms with Gasteiger partial charge >= 0.3 is 0 Å². The van der Waals surface area contributed by atoms with Gasteiger partial charge in [-0.25, -0.2) is 4.98 Å². The molecule has 5 heteroatoms. The highest BCUT2D eigenvalue weighted by Crippen LogP contribution is 2.32. The molecule has 0 bridgehead atoms. The van der Waals surface area contributed by atoms with Crippen molar-refractivity contribution in [3.63, 3.8) is 0 Å². The van der Waals surface area contributed by atoms with Gasteiger partial charge in [0, 0.05) is 0 Å². The minimum atomic E-state index is -0.220. The molecule has 1 fully saturated rings. The first kappa shape index (κ1) is 14.1. The molecule has 0 unspecified atom stereocenters. The van der Waals surface area contributed by atoms with Gasteiger partial charge in [-0.05, 0) is 46.2 Å². The van der Waals surface area contributed by atoms with E-state index in [4.69, 9.17) is 4.42 Å². The van der Waals surface area contributed by atoms with Crippen LogP contribution in [0.1, 0.15) is 43.5 Å². The Balaban J connectivity index is 1.96. The Bertz CT molecular complexity index is 428. The number of aryl methyl sites for hydroxylation is 2. The quantitative estimate of drug-likeness (QED) is 0.869. The number of nitrogens with zero attached hydrogens (tertiary/aromatic N) is 1. The number of nitrogens with one attached hydrogen (secondary N) is 2. The Morgan fingerprint density at radius 3 is 2.63 bits per heavy atom. The van der Waals surface area contributed by atoms with Crippen LogP contribution >= 0.6 is 0 Å². The highest BCUT2D eigenvalue weighted by Gasteiger charge is 2.37. The van der Waals surface area contributed by atoms with Crippen LogP contribution in [-0.2, 0) is 11.3 Å². The highest BCUT2D eigenvalue weighted by molar-refractivity contribution is 5.82. The third kappa shape index (κ3) is 2.97. The molecule has 2 rings (SSSR count). The monoisotopic (exact) mass is 265 g/mol. The van der Waals surface area contributed by atoms with Crippen LogP contribution in [0.3, 0.4) is 0 Å². The van der Waals surface area contributed by atoms with Gasteiger partial charge in [0.1, 0.15) is 5.76 Å². The Kier molecular flexibility index (Phi) is 4.24. The molecule has 1 aliphatic rings. The van der Waals surface area contributed by atoms with Gasteiger partial charge < -0.3 is 15.1 Å². The number of rotatable bonds is 4. The lowest BCUT2D eigenvalue weighted by Crippen LogP contribution is -2.47. The molecular weight excluding hydrogens is 242 g/mol. The molecular formula is C14H23N3O2. The molecule has 0 radical (unpaired) electrons. The molecule has 0 aliphatic carbocycles. The average Bonchev–Trinajstić information content (AvgIpc) is 2.76. The predicted octanol–water partition coefficient (Wildman–Crippen LogP) is 1.69. The second-order valence-corrected chi connectivity index (χ2v) is 5.32. The lowest BCUT2D eigenvalue weighted by Gasteiger charge is -2.35. The molecule has 106 valence electrons. The second-order valence-electron chi connectivity index (χ2n) is 5.32. The SMILES string of the molecule is CCC1(C(=O)NCc2nc(C)c(C)o2)CCNCC1. The van der Waals surface area contributed by atoms with Crippen molar-refractivity contribution in [2.75, 3.05) is 13.1 Å². The van der Waals surface area contributed by atoms with Gasteiger partial charge in [0.05, 0.1) is 17.7 Å². The summed E-state index contributed by atoms with van der Waals surface area (Å²) >= 11 is 0. The first-order valence-electron chi connectivity index (χ1n) is 6.99. The number of aromatic nitrogens is 1. The fourth-order valence-electron chi connectivity index (χ4n) is 2.60. The van der Waals surface area contributed by atoms with Gasteiger partial charge in [0.25, 0.3) is 0 Å². The summed E-state index contributed by atoms with van der Waals surface area (Å²) in [6, 6.07) is 0. The van der Waals surface area contributed by atoms with E-state index in [1.165, 1.54) is 0 Å². The molecule has 1 aromatic rings. The first-order chi connectivity index (χ1) is 9.07. The number of carbonyl (C=O) groups is 1. The Morgan fingerprint density at radius 2 is 2.11 bits per heavy atom. The van der Waals surface area contributed by atoms with E-state index in [-0.39, 0.29) is 11.3 Å². The van der Waals surface area contributed by atoms with E-state index in [9.17, 15) is 4.79 Å². The van der Waals surface area contributed by atoms with Crippen molar-refractivity contribution in [3.05, 3.63) is 17.3 Å². The summed E-state index contributed by atoms with van der Waals surface area (Å²) < 4.78 is 5.48. The van der Waals surface area contributed by atoms with Crippen LogP contribution < -0.4 is 10.6 Å². The van der Waals surface area contributed by atoms with E-state index >= 15 is 0 Å². The normalized spacial score (nSPS) is 18.3.